The maximum atomic E-state index is 11.9. The normalized spacial score (nSPS) is 11.0. The van der Waals surface area contributed by atoms with Gasteiger partial charge in [-0.05, 0) is 36.4 Å². The fourth-order valence-electron chi connectivity index (χ4n) is 2.06. The average molecular weight is 399 g/mol. The molecule has 0 fully saturated rings. The minimum Gasteiger partial charge on any atom is -0.379 e. The molecule has 0 saturated heterocycles. The van der Waals surface area contributed by atoms with Gasteiger partial charge in [-0.2, -0.15) is 0 Å². The number of primary sulfonamides is 1. The number of nitro groups is 1. The van der Waals surface area contributed by atoms with Crippen LogP contribution in [-0.4, -0.2) is 25.8 Å². The van der Waals surface area contributed by atoms with Crippen molar-refractivity contribution < 1.29 is 18.1 Å². The maximum absolute atomic E-state index is 11.9. The largest absolute Gasteiger partial charge is 0.379 e. The number of carbonyl (C=O) groups is 1. The Morgan fingerprint density at radius 3 is 2.42 bits per heavy atom. The number of anilines is 2. The van der Waals surface area contributed by atoms with Gasteiger partial charge in [-0.25, -0.2) is 13.6 Å². The zero-order valence-electron chi connectivity index (χ0n) is 13.3. The van der Waals surface area contributed by atoms with E-state index >= 15 is 0 Å². The highest BCUT2D eigenvalue weighted by molar-refractivity contribution is 7.89. The molecule has 0 aliphatic rings. The molecule has 26 heavy (non-hydrogen) atoms. The van der Waals surface area contributed by atoms with Crippen LogP contribution >= 0.6 is 11.6 Å². The van der Waals surface area contributed by atoms with E-state index in [0.717, 1.165) is 12.1 Å². The summed E-state index contributed by atoms with van der Waals surface area (Å²) in [7, 11) is -4.05. The number of amides is 1. The molecule has 0 aliphatic heterocycles. The molecule has 138 valence electrons. The van der Waals surface area contributed by atoms with Crippen LogP contribution in [0.4, 0.5) is 17.1 Å². The molecule has 2 rings (SSSR count). The Bertz CT molecular complexity index is 932. The molecular formula is C15H15ClN4O5S. The molecule has 0 unspecified atom stereocenters. The quantitative estimate of drug-likeness (QED) is 0.482. The lowest BCUT2D eigenvalue weighted by atomic mass is 10.2. The molecule has 0 spiro atoms. The molecule has 0 saturated carbocycles. The second-order valence-corrected chi connectivity index (χ2v) is 7.21. The molecule has 0 bridgehead atoms. The maximum Gasteiger partial charge on any atom is 0.293 e. The van der Waals surface area contributed by atoms with Crippen molar-refractivity contribution >= 4 is 44.6 Å². The van der Waals surface area contributed by atoms with Crippen molar-refractivity contribution in [3.8, 4) is 0 Å². The van der Waals surface area contributed by atoms with E-state index in [2.05, 4.69) is 10.6 Å². The van der Waals surface area contributed by atoms with Crippen LogP contribution in [0.2, 0.25) is 5.02 Å². The zero-order chi connectivity index (χ0) is 19.3. The molecule has 0 aliphatic carbocycles. The summed E-state index contributed by atoms with van der Waals surface area (Å²) in [5.41, 5.74) is 0.208. The first-order chi connectivity index (χ1) is 12.2. The fraction of sp³-hybridized carbons (Fsp3) is 0.133. The van der Waals surface area contributed by atoms with Gasteiger partial charge in [0.05, 0.1) is 9.82 Å². The first-order valence-electron chi connectivity index (χ1n) is 7.27. The van der Waals surface area contributed by atoms with Gasteiger partial charge in [-0.15, -0.1) is 0 Å². The number of nitro benzene ring substituents is 1. The number of nitrogens with two attached hydrogens (primary N) is 1. The summed E-state index contributed by atoms with van der Waals surface area (Å²) >= 11 is 5.76. The topological polar surface area (TPSA) is 144 Å². The highest BCUT2D eigenvalue weighted by Gasteiger charge is 2.19. The molecular weight excluding hydrogens is 384 g/mol. The standard InChI is InChI=1S/C15H15ClN4O5S/c16-10-1-3-11(4-2-10)19-15(21)7-8-18-13-6-5-12(26(17,24)25)9-14(13)20(22)23/h1-6,9,18H,7-8H2,(H,19,21)(H2,17,24,25). The summed E-state index contributed by atoms with van der Waals surface area (Å²) in [5, 5.41) is 22.0. The Balaban J connectivity index is 1.99. The summed E-state index contributed by atoms with van der Waals surface area (Å²) in [6.07, 6.45) is 0.0384. The Morgan fingerprint density at radius 2 is 1.85 bits per heavy atom. The van der Waals surface area contributed by atoms with E-state index in [4.69, 9.17) is 16.7 Å². The monoisotopic (exact) mass is 398 g/mol. The summed E-state index contributed by atoms with van der Waals surface area (Å²) in [5.74, 6) is -0.302. The van der Waals surface area contributed by atoms with Gasteiger partial charge in [0.25, 0.3) is 5.69 Å². The van der Waals surface area contributed by atoms with Gasteiger partial charge < -0.3 is 10.6 Å². The number of benzene rings is 2. The van der Waals surface area contributed by atoms with E-state index in [0.29, 0.717) is 10.7 Å². The molecule has 0 heterocycles. The predicted molar refractivity (Wildman–Crippen MR) is 97.7 cm³/mol. The summed E-state index contributed by atoms with van der Waals surface area (Å²) < 4.78 is 22.6. The number of carbonyl (C=O) groups excluding carboxylic acids is 1. The van der Waals surface area contributed by atoms with Crippen molar-refractivity contribution in [3.63, 3.8) is 0 Å². The Kier molecular flexibility index (Phi) is 6.14. The number of nitrogens with one attached hydrogen (secondary N) is 2. The number of nitrogens with zero attached hydrogens (tertiary/aromatic N) is 1. The second-order valence-electron chi connectivity index (χ2n) is 5.21. The van der Waals surface area contributed by atoms with Gasteiger partial charge in [-0.3, -0.25) is 14.9 Å². The summed E-state index contributed by atoms with van der Waals surface area (Å²) in [6, 6.07) is 9.80. The minimum atomic E-state index is -4.05. The molecule has 1 amide bonds. The number of halogens is 1. The Morgan fingerprint density at radius 1 is 1.19 bits per heavy atom. The number of hydrogen-bond acceptors (Lipinski definition) is 6. The van der Waals surface area contributed by atoms with Gasteiger partial charge in [0.1, 0.15) is 5.69 Å². The molecule has 2 aromatic carbocycles. The van der Waals surface area contributed by atoms with Gasteiger partial charge in [-0.1, -0.05) is 11.6 Å². The molecule has 0 aromatic heterocycles. The summed E-state index contributed by atoms with van der Waals surface area (Å²) in [6.45, 7) is 0.106. The van der Waals surface area contributed by atoms with E-state index in [-0.39, 0.29) is 29.5 Å². The highest BCUT2D eigenvalue weighted by atomic mass is 35.5. The van der Waals surface area contributed by atoms with Gasteiger partial charge >= 0.3 is 0 Å². The first kappa shape index (κ1) is 19.6. The van der Waals surface area contributed by atoms with Crippen LogP contribution < -0.4 is 15.8 Å². The van der Waals surface area contributed by atoms with Crippen molar-refractivity contribution in [1.29, 1.82) is 0 Å². The van der Waals surface area contributed by atoms with Crippen molar-refractivity contribution in [2.45, 2.75) is 11.3 Å². The third-order valence-electron chi connectivity index (χ3n) is 3.29. The van der Waals surface area contributed by atoms with Crippen LogP contribution in [0.1, 0.15) is 6.42 Å². The Labute approximate surface area is 154 Å². The van der Waals surface area contributed by atoms with Crippen molar-refractivity contribution in [3.05, 3.63) is 57.6 Å². The van der Waals surface area contributed by atoms with E-state index in [1.54, 1.807) is 24.3 Å². The van der Waals surface area contributed by atoms with Crippen LogP contribution in [0.25, 0.3) is 0 Å². The van der Waals surface area contributed by atoms with E-state index < -0.39 is 20.6 Å². The third-order valence-corrected chi connectivity index (χ3v) is 4.45. The first-order valence-corrected chi connectivity index (χ1v) is 9.20. The average Bonchev–Trinajstić information content (AvgIpc) is 2.56. The van der Waals surface area contributed by atoms with Crippen LogP contribution in [0.3, 0.4) is 0 Å². The van der Waals surface area contributed by atoms with E-state index in [1.807, 2.05) is 0 Å². The Hall–Kier alpha value is -2.69. The van der Waals surface area contributed by atoms with Gasteiger partial charge in [0.15, 0.2) is 0 Å². The molecule has 11 heteroatoms. The lowest BCUT2D eigenvalue weighted by molar-refractivity contribution is -0.384. The van der Waals surface area contributed by atoms with E-state index in [9.17, 15) is 23.3 Å². The van der Waals surface area contributed by atoms with Crippen LogP contribution in [0.15, 0.2) is 47.4 Å². The predicted octanol–water partition coefficient (Wildman–Crippen LogP) is 2.34. The molecule has 2 aromatic rings. The molecule has 0 radical (unpaired) electrons. The SMILES string of the molecule is NS(=O)(=O)c1ccc(NCCC(=O)Nc2ccc(Cl)cc2)c([N+](=O)[O-])c1. The second kappa shape index (κ2) is 8.13. The number of hydrogen-bond donors (Lipinski definition) is 3. The molecule has 9 nitrogen and oxygen atoms in total. The summed E-state index contributed by atoms with van der Waals surface area (Å²) in [4.78, 5) is 21.9. The van der Waals surface area contributed by atoms with Gasteiger partial charge in [0.2, 0.25) is 15.9 Å². The van der Waals surface area contributed by atoms with Crippen molar-refractivity contribution in [2.75, 3.05) is 17.2 Å². The van der Waals surface area contributed by atoms with Gasteiger partial charge in [0, 0.05) is 29.7 Å². The smallest absolute Gasteiger partial charge is 0.293 e. The fourth-order valence-corrected chi connectivity index (χ4v) is 2.72. The highest BCUT2D eigenvalue weighted by Crippen LogP contribution is 2.27. The lowest BCUT2D eigenvalue weighted by Gasteiger charge is -2.09. The van der Waals surface area contributed by atoms with Crippen LogP contribution in [0, 0.1) is 10.1 Å². The van der Waals surface area contributed by atoms with Crippen molar-refractivity contribution in [2.24, 2.45) is 5.14 Å². The minimum absolute atomic E-state index is 0.0384. The lowest BCUT2D eigenvalue weighted by Crippen LogP contribution is -2.17. The van der Waals surface area contributed by atoms with E-state index in [1.165, 1.54) is 6.07 Å². The molecule has 4 N–H and O–H groups in total. The number of sulfonamides is 1. The van der Waals surface area contributed by atoms with Crippen LogP contribution in [-0.2, 0) is 14.8 Å². The third kappa shape index (κ3) is 5.41. The molecule has 0 atom stereocenters. The number of rotatable bonds is 7. The van der Waals surface area contributed by atoms with Crippen LogP contribution in [0.5, 0.6) is 0 Å². The van der Waals surface area contributed by atoms with Crippen molar-refractivity contribution in [1.82, 2.24) is 0 Å². The zero-order valence-corrected chi connectivity index (χ0v) is 14.9.